The van der Waals surface area contributed by atoms with Crippen LogP contribution in [0.2, 0.25) is 0 Å². The van der Waals surface area contributed by atoms with Gasteiger partial charge in [0.05, 0.1) is 36.7 Å². The molecule has 3 aliphatic rings. The van der Waals surface area contributed by atoms with E-state index >= 15 is 0 Å². The van der Waals surface area contributed by atoms with Crippen molar-refractivity contribution in [2.75, 3.05) is 13.7 Å². The van der Waals surface area contributed by atoms with E-state index in [1.807, 2.05) is 0 Å². The van der Waals surface area contributed by atoms with Crippen LogP contribution in [0.25, 0.3) is 0 Å². The van der Waals surface area contributed by atoms with Crippen LogP contribution in [-0.4, -0.2) is 40.2 Å². The van der Waals surface area contributed by atoms with Crippen molar-refractivity contribution in [2.24, 2.45) is 10.8 Å². The van der Waals surface area contributed by atoms with E-state index in [1.165, 1.54) is 36.1 Å². The predicted molar refractivity (Wildman–Crippen MR) is 112 cm³/mol. The Morgan fingerprint density at radius 1 is 1.09 bits per heavy atom. The van der Waals surface area contributed by atoms with Gasteiger partial charge in [-0.1, -0.05) is 12.1 Å². The zero-order chi connectivity index (χ0) is 24.3. The fourth-order valence-electron chi connectivity index (χ4n) is 6.10. The van der Waals surface area contributed by atoms with Gasteiger partial charge in [-0.2, -0.15) is 18.3 Å². The van der Waals surface area contributed by atoms with Crippen LogP contribution in [0.5, 0.6) is 0 Å². The van der Waals surface area contributed by atoms with E-state index in [1.54, 1.807) is 4.90 Å². The van der Waals surface area contributed by atoms with Gasteiger partial charge in [-0.3, -0.25) is 14.3 Å². The highest BCUT2D eigenvalue weighted by molar-refractivity contribution is 5.87. The molecular formula is C24H25F4N3O3. The van der Waals surface area contributed by atoms with Gasteiger partial charge < -0.3 is 9.64 Å². The maximum absolute atomic E-state index is 13.7. The number of benzene rings is 1. The first-order valence-corrected chi connectivity index (χ1v) is 11.3. The van der Waals surface area contributed by atoms with Gasteiger partial charge in [0.2, 0.25) is 5.91 Å². The van der Waals surface area contributed by atoms with Crippen LogP contribution >= 0.6 is 0 Å². The van der Waals surface area contributed by atoms with Gasteiger partial charge in [0, 0.05) is 12.1 Å². The highest BCUT2D eigenvalue weighted by Crippen LogP contribution is 2.62. The third-order valence-corrected chi connectivity index (χ3v) is 7.85. The Morgan fingerprint density at radius 3 is 2.35 bits per heavy atom. The number of methoxy groups -OCH3 is 1. The lowest BCUT2D eigenvalue weighted by molar-refractivity contribution is -0.152. The summed E-state index contributed by atoms with van der Waals surface area (Å²) in [6.45, 7) is 0.229. The molecule has 0 N–H and O–H groups in total. The number of fused-ring (bicyclic) bond motifs is 3. The Balaban J connectivity index is 1.43. The fourth-order valence-corrected chi connectivity index (χ4v) is 6.10. The van der Waals surface area contributed by atoms with Gasteiger partial charge in [-0.25, -0.2) is 4.39 Å². The number of amides is 1. The van der Waals surface area contributed by atoms with Crippen molar-refractivity contribution in [3.8, 4) is 0 Å². The Kier molecular flexibility index (Phi) is 5.25. The maximum Gasteiger partial charge on any atom is 0.435 e. The van der Waals surface area contributed by atoms with Gasteiger partial charge in [0.15, 0.2) is 5.69 Å². The summed E-state index contributed by atoms with van der Waals surface area (Å²) in [6, 6.07) is 5.51. The number of hydrogen-bond acceptors (Lipinski definition) is 4. The molecule has 1 amide bonds. The fraction of sp³-hybridized carbons (Fsp3) is 0.542. The molecule has 1 aromatic heterocycles. The molecule has 0 spiro atoms. The molecule has 1 aliphatic heterocycles. The van der Waals surface area contributed by atoms with Gasteiger partial charge in [-0.05, 0) is 56.2 Å². The minimum atomic E-state index is -4.61. The minimum Gasteiger partial charge on any atom is -0.469 e. The van der Waals surface area contributed by atoms with E-state index in [-0.39, 0.29) is 43.5 Å². The number of nitrogens with zero attached hydrogens (tertiary/aromatic N) is 3. The van der Waals surface area contributed by atoms with Gasteiger partial charge >= 0.3 is 12.1 Å². The van der Waals surface area contributed by atoms with Crippen LogP contribution in [-0.2, 0) is 40.0 Å². The van der Waals surface area contributed by atoms with E-state index in [4.69, 9.17) is 4.74 Å². The Hall–Kier alpha value is -2.91. The summed E-state index contributed by atoms with van der Waals surface area (Å²) in [5, 5.41) is 3.86. The molecule has 0 radical (unpaired) electrons. The summed E-state index contributed by atoms with van der Waals surface area (Å²) >= 11 is 0. The van der Waals surface area contributed by atoms with Gasteiger partial charge in [0.25, 0.3) is 0 Å². The van der Waals surface area contributed by atoms with Crippen molar-refractivity contribution < 1.29 is 31.9 Å². The van der Waals surface area contributed by atoms with Crippen LogP contribution in [0, 0.1) is 16.6 Å². The summed E-state index contributed by atoms with van der Waals surface area (Å²) in [6.07, 6.45) is -1.80. The van der Waals surface area contributed by atoms with Gasteiger partial charge in [0.1, 0.15) is 5.82 Å². The molecule has 6 nitrogen and oxygen atoms in total. The highest BCUT2D eigenvalue weighted by atomic mass is 19.4. The summed E-state index contributed by atoms with van der Waals surface area (Å²) in [5.41, 5.74) is -1.15. The second-order valence-electron chi connectivity index (χ2n) is 9.76. The number of carbonyl (C=O) groups excluding carboxylic acids is 2. The summed E-state index contributed by atoms with van der Waals surface area (Å²) < 4.78 is 60.7. The molecule has 1 aromatic carbocycles. The first kappa shape index (κ1) is 22.9. The lowest BCUT2D eigenvalue weighted by Crippen LogP contribution is -2.45. The second-order valence-corrected chi connectivity index (χ2v) is 9.76. The first-order valence-electron chi connectivity index (χ1n) is 11.3. The number of halogens is 4. The number of hydrogen-bond donors (Lipinski definition) is 0. The molecule has 2 saturated carbocycles. The molecule has 2 fully saturated rings. The lowest BCUT2D eigenvalue weighted by atomic mass is 9.81. The van der Waals surface area contributed by atoms with Crippen molar-refractivity contribution in [1.82, 2.24) is 14.7 Å². The largest absolute Gasteiger partial charge is 0.469 e. The van der Waals surface area contributed by atoms with Crippen molar-refractivity contribution in [1.29, 1.82) is 0 Å². The number of carbonyl (C=O) groups is 2. The van der Waals surface area contributed by atoms with E-state index in [2.05, 4.69) is 5.10 Å². The minimum absolute atomic E-state index is 0.0193. The quantitative estimate of drug-likeness (QED) is 0.490. The topological polar surface area (TPSA) is 64.4 Å². The number of rotatable bonds is 4. The molecule has 0 atom stereocenters. The van der Waals surface area contributed by atoms with Crippen LogP contribution < -0.4 is 0 Å². The molecule has 2 aromatic rings. The summed E-state index contributed by atoms with van der Waals surface area (Å²) in [4.78, 5) is 27.6. The third-order valence-electron chi connectivity index (χ3n) is 7.85. The average Bonchev–Trinajstić information content (AvgIpc) is 3.51. The van der Waals surface area contributed by atoms with Crippen LogP contribution in [0.15, 0.2) is 24.3 Å². The van der Waals surface area contributed by atoms with Crippen LogP contribution in [0.1, 0.15) is 54.6 Å². The standard InChI is InChI=1S/C24H25F4N3O3/c1-34-21(33)23-9-7-22(14-23,8-10-23)20(32)30-11-6-17-18(13-30)31(29-19(17)24(26,27)28)12-15-2-4-16(25)5-3-15/h2-5H,6-14H2,1H3. The van der Waals surface area contributed by atoms with Crippen molar-refractivity contribution in [3.05, 3.63) is 52.6 Å². The SMILES string of the molecule is COC(=O)C12CCC(C(=O)N3CCc4c(C(F)(F)F)nn(Cc5ccc(F)cc5)c4C3)(CC1)C2. The van der Waals surface area contributed by atoms with Crippen LogP contribution in [0.3, 0.4) is 0 Å². The second kappa shape index (κ2) is 7.81. The summed E-state index contributed by atoms with van der Waals surface area (Å²) in [7, 11) is 1.35. The van der Waals surface area contributed by atoms with Crippen molar-refractivity contribution >= 4 is 11.9 Å². The van der Waals surface area contributed by atoms with Crippen molar-refractivity contribution in [3.63, 3.8) is 0 Å². The van der Waals surface area contributed by atoms with E-state index < -0.39 is 28.5 Å². The molecular weight excluding hydrogens is 454 g/mol. The molecule has 2 heterocycles. The van der Waals surface area contributed by atoms with Gasteiger partial charge in [-0.15, -0.1) is 0 Å². The van der Waals surface area contributed by atoms with Crippen LogP contribution in [0.4, 0.5) is 17.6 Å². The molecule has 2 aliphatic carbocycles. The van der Waals surface area contributed by atoms with E-state index in [0.29, 0.717) is 43.4 Å². The Bertz CT molecular complexity index is 1130. The Labute approximate surface area is 193 Å². The monoisotopic (exact) mass is 479 g/mol. The molecule has 0 unspecified atom stereocenters. The lowest BCUT2D eigenvalue weighted by Gasteiger charge is -2.35. The first-order chi connectivity index (χ1) is 16.1. The highest BCUT2D eigenvalue weighted by Gasteiger charge is 2.62. The number of aromatic nitrogens is 2. The number of ether oxygens (including phenoxy) is 1. The maximum atomic E-state index is 13.7. The zero-order valence-electron chi connectivity index (χ0n) is 18.8. The molecule has 182 valence electrons. The predicted octanol–water partition coefficient (Wildman–Crippen LogP) is 4.10. The normalized spacial score (nSPS) is 26.0. The Morgan fingerprint density at radius 2 is 1.74 bits per heavy atom. The molecule has 34 heavy (non-hydrogen) atoms. The molecule has 5 rings (SSSR count). The van der Waals surface area contributed by atoms with E-state index in [0.717, 1.165) is 0 Å². The smallest absolute Gasteiger partial charge is 0.435 e. The molecule has 2 bridgehead atoms. The van der Waals surface area contributed by atoms with Crippen molar-refractivity contribution in [2.45, 2.75) is 57.8 Å². The molecule has 10 heteroatoms. The number of alkyl halides is 3. The summed E-state index contributed by atoms with van der Waals surface area (Å²) in [5.74, 6) is -0.827. The third kappa shape index (κ3) is 3.58. The number of esters is 1. The molecule has 0 saturated heterocycles. The average molecular weight is 479 g/mol. The van der Waals surface area contributed by atoms with E-state index in [9.17, 15) is 27.2 Å². The zero-order valence-corrected chi connectivity index (χ0v) is 18.8.